The van der Waals surface area contributed by atoms with Crippen LogP contribution in [-0.4, -0.2) is 47.9 Å². The molecule has 1 aromatic carbocycles. The fraction of sp³-hybridized carbons (Fsp3) is 0.611. The fourth-order valence-electron chi connectivity index (χ4n) is 3.88. The third kappa shape index (κ3) is 2.89. The van der Waals surface area contributed by atoms with Crippen molar-refractivity contribution >= 4 is 11.7 Å². The summed E-state index contributed by atoms with van der Waals surface area (Å²) in [5, 5.41) is 13.0. The number of nitrogens with zero attached hydrogens (tertiary/aromatic N) is 1. The van der Waals surface area contributed by atoms with Crippen LogP contribution in [0.5, 0.6) is 0 Å². The molecule has 1 saturated heterocycles. The van der Waals surface area contributed by atoms with Gasteiger partial charge in [-0.05, 0) is 38.8 Å². The zero-order valence-corrected chi connectivity index (χ0v) is 14.2. The van der Waals surface area contributed by atoms with Gasteiger partial charge in [0.2, 0.25) is 0 Å². The standard InChI is InChI=1S/C18H25FN2O3/c1-3-24-16-11-15(22)18(16)7-9-21(10-8-18)17(23)20-14-6-4-5-13(19)12(14)2/h4-6,15-16,22H,3,7-11H2,1-2H3,(H,20,23). The summed E-state index contributed by atoms with van der Waals surface area (Å²) in [6.07, 6.45) is 1.89. The average molecular weight is 336 g/mol. The third-order valence-corrected chi connectivity index (χ3v) is 5.60. The average Bonchev–Trinajstić information content (AvgIpc) is 2.59. The van der Waals surface area contributed by atoms with E-state index in [4.69, 9.17) is 4.74 Å². The Kier molecular flexibility index (Phi) is 4.78. The highest BCUT2D eigenvalue weighted by atomic mass is 19.1. The van der Waals surface area contributed by atoms with E-state index in [0.717, 1.165) is 12.8 Å². The van der Waals surface area contributed by atoms with Gasteiger partial charge in [-0.3, -0.25) is 0 Å². The molecule has 1 heterocycles. The van der Waals surface area contributed by atoms with Crippen LogP contribution in [0.1, 0.15) is 31.7 Å². The molecule has 2 fully saturated rings. The number of aliphatic hydroxyl groups excluding tert-OH is 1. The van der Waals surface area contributed by atoms with E-state index in [1.165, 1.54) is 6.07 Å². The van der Waals surface area contributed by atoms with E-state index in [1.54, 1.807) is 24.0 Å². The number of hydrogen-bond acceptors (Lipinski definition) is 3. The number of carbonyl (C=O) groups is 1. The van der Waals surface area contributed by atoms with Crippen molar-refractivity contribution in [2.75, 3.05) is 25.0 Å². The highest BCUT2D eigenvalue weighted by Crippen LogP contribution is 2.50. The monoisotopic (exact) mass is 336 g/mol. The van der Waals surface area contributed by atoms with E-state index in [1.807, 2.05) is 6.92 Å². The van der Waals surface area contributed by atoms with Gasteiger partial charge in [0.25, 0.3) is 0 Å². The van der Waals surface area contributed by atoms with Gasteiger partial charge in [-0.25, -0.2) is 9.18 Å². The van der Waals surface area contributed by atoms with E-state index in [9.17, 15) is 14.3 Å². The summed E-state index contributed by atoms with van der Waals surface area (Å²) in [6, 6.07) is 4.44. The molecule has 2 atom stereocenters. The number of urea groups is 1. The third-order valence-electron chi connectivity index (χ3n) is 5.60. The van der Waals surface area contributed by atoms with Crippen molar-refractivity contribution < 1.29 is 19.0 Å². The van der Waals surface area contributed by atoms with Crippen molar-refractivity contribution in [2.24, 2.45) is 5.41 Å². The van der Waals surface area contributed by atoms with Crippen LogP contribution in [0.25, 0.3) is 0 Å². The van der Waals surface area contributed by atoms with E-state index < -0.39 is 0 Å². The number of hydrogen-bond donors (Lipinski definition) is 2. The van der Waals surface area contributed by atoms with E-state index in [-0.39, 0.29) is 29.5 Å². The molecular weight excluding hydrogens is 311 g/mol. The summed E-state index contributed by atoms with van der Waals surface area (Å²) >= 11 is 0. The molecule has 2 amide bonds. The molecule has 2 N–H and O–H groups in total. The zero-order valence-electron chi connectivity index (χ0n) is 14.2. The Hall–Kier alpha value is -1.66. The van der Waals surface area contributed by atoms with Gasteiger partial charge in [0.05, 0.1) is 12.2 Å². The summed E-state index contributed by atoms with van der Waals surface area (Å²) in [6.45, 7) is 5.39. The van der Waals surface area contributed by atoms with E-state index >= 15 is 0 Å². The molecule has 24 heavy (non-hydrogen) atoms. The number of likely N-dealkylation sites (tertiary alicyclic amines) is 1. The number of benzene rings is 1. The molecule has 0 radical (unpaired) electrons. The summed E-state index contributed by atoms with van der Waals surface area (Å²) in [5.41, 5.74) is 0.725. The van der Waals surface area contributed by atoms with Gasteiger partial charge >= 0.3 is 6.03 Å². The Morgan fingerprint density at radius 1 is 1.46 bits per heavy atom. The Balaban J connectivity index is 1.60. The first-order valence-corrected chi connectivity index (χ1v) is 8.58. The van der Waals surface area contributed by atoms with Crippen LogP contribution in [0.3, 0.4) is 0 Å². The molecule has 2 unspecified atom stereocenters. The second-order valence-corrected chi connectivity index (χ2v) is 6.76. The van der Waals surface area contributed by atoms with Gasteiger partial charge in [0.15, 0.2) is 0 Å². The predicted octanol–water partition coefficient (Wildman–Crippen LogP) is 2.92. The first-order valence-electron chi connectivity index (χ1n) is 8.58. The summed E-state index contributed by atoms with van der Waals surface area (Å²) < 4.78 is 19.3. The molecule has 0 aromatic heterocycles. The Morgan fingerprint density at radius 2 is 2.17 bits per heavy atom. The molecule has 5 nitrogen and oxygen atoms in total. The minimum absolute atomic E-state index is 0.0909. The smallest absolute Gasteiger partial charge is 0.321 e. The molecule has 3 rings (SSSR count). The first-order chi connectivity index (χ1) is 11.5. The molecular formula is C18H25FN2O3. The molecule has 1 spiro atoms. The van der Waals surface area contributed by atoms with Crippen LogP contribution >= 0.6 is 0 Å². The number of anilines is 1. The molecule has 1 aromatic rings. The van der Waals surface area contributed by atoms with Crippen molar-refractivity contribution in [2.45, 2.75) is 45.3 Å². The highest BCUT2D eigenvalue weighted by molar-refractivity contribution is 5.90. The lowest BCUT2D eigenvalue weighted by molar-refractivity contribution is -0.207. The van der Waals surface area contributed by atoms with Crippen molar-refractivity contribution in [3.63, 3.8) is 0 Å². The van der Waals surface area contributed by atoms with Crippen LogP contribution in [0.15, 0.2) is 18.2 Å². The van der Waals surface area contributed by atoms with Gasteiger partial charge in [0.1, 0.15) is 5.82 Å². The topological polar surface area (TPSA) is 61.8 Å². The van der Waals surface area contributed by atoms with Crippen LogP contribution in [0.2, 0.25) is 0 Å². The molecule has 1 aliphatic carbocycles. The molecule has 1 saturated carbocycles. The number of piperidine rings is 1. The van der Waals surface area contributed by atoms with Crippen LogP contribution in [-0.2, 0) is 4.74 Å². The lowest BCUT2D eigenvalue weighted by atomic mass is 9.58. The van der Waals surface area contributed by atoms with Gasteiger partial charge < -0.3 is 20.1 Å². The second-order valence-electron chi connectivity index (χ2n) is 6.76. The van der Waals surface area contributed by atoms with Gasteiger partial charge in [0, 0.05) is 42.8 Å². The minimum atomic E-state index is -0.343. The van der Waals surface area contributed by atoms with Crippen LogP contribution in [0.4, 0.5) is 14.9 Å². The van der Waals surface area contributed by atoms with Crippen molar-refractivity contribution in [3.8, 4) is 0 Å². The number of carbonyl (C=O) groups excluding carboxylic acids is 1. The highest BCUT2D eigenvalue weighted by Gasteiger charge is 2.56. The van der Waals surface area contributed by atoms with Crippen molar-refractivity contribution in [1.29, 1.82) is 0 Å². The first kappa shape index (κ1) is 17.2. The van der Waals surface area contributed by atoms with Gasteiger partial charge in [-0.15, -0.1) is 0 Å². The SMILES string of the molecule is CCOC1CC(O)C12CCN(C(=O)Nc1cccc(F)c1C)CC2. The maximum Gasteiger partial charge on any atom is 0.321 e. The Bertz CT molecular complexity index is 612. The number of halogens is 1. The maximum absolute atomic E-state index is 13.6. The number of nitrogens with one attached hydrogen (secondary N) is 1. The predicted molar refractivity (Wildman–Crippen MR) is 89.4 cm³/mol. The molecule has 132 valence electrons. The molecule has 1 aliphatic heterocycles. The summed E-state index contributed by atoms with van der Waals surface area (Å²) in [4.78, 5) is 14.2. The quantitative estimate of drug-likeness (QED) is 0.892. The lowest BCUT2D eigenvalue weighted by Crippen LogP contribution is -2.63. The largest absolute Gasteiger partial charge is 0.392 e. The lowest BCUT2D eigenvalue weighted by Gasteiger charge is -2.56. The summed E-state index contributed by atoms with van der Waals surface area (Å²) in [7, 11) is 0. The van der Waals surface area contributed by atoms with E-state index in [2.05, 4.69) is 5.32 Å². The Morgan fingerprint density at radius 3 is 2.79 bits per heavy atom. The number of amides is 2. The van der Waals surface area contributed by atoms with Gasteiger partial charge in [-0.1, -0.05) is 6.07 Å². The van der Waals surface area contributed by atoms with Crippen LogP contribution in [0, 0.1) is 18.2 Å². The zero-order chi connectivity index (χ0) is 17.3. The fourth-order valence-corrected chi connectivity index (χ4v) is 3.88. The summed E-state index contributed by atoms with van der Waals surface area (Å²) in [5.74, 6) is -0.331. The Labute approximate surface area is 141 Å². The molecule has 6 heteroatoms. The second kappa shape index (κ2) is 6.69. The number of rotatable bonds is 3. The normalized spacial score (nSPS) is 25.4. The number of aliphatic hydroxyl groups is 1. The molecule has 0 bridgehead atoms. The maximum atomic E-state index is 13.6. The van der Waals surface area contributed by atoms with E-state index in [0.29, 0.717) is 37.4 Å². The number of ether oxygens (including phenoxy) is 1. The minimum Gasteiger partial charge on any atom is -0.392 e. The van der Waals surface area contributed by atoms with Crippen molar-refractivity contribution in [1.82, 2.24) is 4.90 Å². The van der Waals surface area contributed by atoms with Crippen molar-refractivity contribution in [3.05, 3.63) is 29.6 Å². The van der Waals surface area contributed by atoms with Crippen LogP contribution < -0.4 is 5.32 Å². The van der Waals surface area contributed by atoms with Gasteiger partial charge in [-0.2, -0.15) is 0 Å². The molecule has 2 aliphatic rings.